The zero-order valence-electron chi connectivity index (χ0n) is 7.06. The van der Waals surface area contributed by atoms with Gasteiger partial charge in [-0.05, 0) is 6.07 Å². The Hall–Kier alpha value is -1.75. The van der Waals surface area contributed by atoms with E-state index in [4.69, 9.17) is 10.8 Å². The third-order valence-electron chi connectivity index (χ3n) is 1.78. The quantitative estimate of drug-likeness (QED) is 0.708. The minimum atomic E-state index is -1.34. The number of nitrogen functional groups attached to an aromatic ring is 1. The average Bonchev–Trinajstić information content (AvgIpc) is 2.44. The Labute approximate surface area is 83.5 Å². The van der Waals surface area contributed by atoms with Crippen molar-refractivity contribution in [2.75, 3.05) is 5.73 Å². The van der Waals surface area contributed by atoms with E-state index in [0.717, 1.165) is 10.1 Å². The van der Waals surface area contributed by atoms with Gasteiger partial charge in [-0.3, -0.25) is 0 Å². The first kappa shape index (κ1) is 8.83. The van der Waals surface area contributed by atoms with Crippen LogP contribution in [0.3, 0.4) is 0 Å². The first-order chi connectivity index (χ1) is 6.68. The van der Waals surface area contributed by atoms with Crippen molar-refractivity contribution >= 4 is 33.3 Å². The molecule has 2 aromatic rings. The van der Waals surface area contributed by atoms with E-state index in [9.17, 15) is 4.79 Å². The van der Waals surface area contributed by atoms with Gasteiger partial charge in [0.25, 0.3) is 0 Å². The van der Waals surface area contributed by atoms with Gasteiger partial charge in [-0.1, -0.05) is 29.5 Å². The smallest absolute Gasteiger partial charge is 0.449 e. The number of rotatable bonds is 1. The van der Waals surface area contributed by atoms with Crippen LogP contribution in [0.2, 0.25) is 0 Å². The third-order valence-corrected chi connectivity index (χ3v) is 2.84. The van der Waals surface area contributed by atoms with Crippen LogP contribution < -0.4 is 10.5 Å². The molecule has 0 atom stereocenters. The highest BCUT2D eigenvalue weighted by Crippen LogP contribution is 2.39. The lowest BCUT2D eigenvalue weighted by Crippen LogP contribution is -2.02. The minimum absolute atomic E-state index is 0.235. The second-order valence-corrected chi connectivity index (χ2v) is 3.68. The molecule has 5 heteroatoms. The van der Waals surface area contributed by atoms with Gasteiger partial charge in [-0.2, -0.15) is 0 Å². The summed E-state index contributed by atoms with van der Waals surface area (Å²) in [6, 6.07) is 7.40. The van der Waals surface area contributed by atoms with Gasteiger partial charge < -0.3 is 15.6 Å². The predicted molar refractivity (Wildman–Crippen MR) is 54.9 cm³/mol. The number of carboxylic acid groups (broad SMARTS) is 1. The Morgan fingerprint density at radius 2 is 2.14 bits per heavy atom. The molecule has 1 heterocycles. The van der Waals surface area contributed by atoms with E-state index >= 15 is 0 Å². The molecule has 2 rings (SSSR count). The molecule has 4 nitrogen and oxygen atoms in total. The van der Waals surface area contributed by atoms with Gasteiger partial charge >= 0.3 is 6.16 Å². The normalized spacial score (nSPS) is 10.3. The lowest BCUT2D eigenvalue weighted by atomic mass is 10.2. The highest BCUT2D eigenvalue weighted by Gasteiger charge is 2.12. The Morgan fingerprint density at radius 3 is 2.79 bits per heavy atom. The van der Waals surface area contributed by atoms with Crippen molar-refractivity contribution in [2.24, 2.45) is 0 Å². The molecule has 0 radical (unpaired) electrons. The monoisotopic (exact) mass is 209 g/mol. The number of anilines is 1. The molecule has 0 unspecified atom stereocenters. The molecule has 0 saturated heterocycles. The summed E-state index contributed by atoms with van der Waals surface area (Å²) in [5.41, 5.74) is 6.09. The van der Waals surface area contributed by atoms with Gasteiger partial charge in [-0.25, -0.2) is 4.79 Å². The average molecular weight is 209 g/mol. The highest BCUT2D eigenvalue weighted by molar-refractivity contribution is 7.21. The third kappa shape index (κ3) is 1.38. The van der Waals surface area contributed by atoms with Crippen molar-refractivity contribution in [2.45, 2.75) is 0 Å². The number of nitrogens with two attached hydrogens (primary N) is 1. The van der Waals surface area contributed by atoms with Crippen LogP contribution >= 0.6 is 11.3 Å². The van der Waals surface area contributed by atoms with Crippen molar-refractivity contribution in [1.82, 2.24) is 0 Å². The van der Waals surface area contributed by atoms with Gasteiger partial charge in [0.05, 0.1) is 5.69 Å². The van der Waals surface area contributed by atoms with Gasteiger partial charge in [-0.15, -0.1) is 0 Å². The van der Waals surface area contributed by atoms with Crippen molar-refractivity contribution in [3.05, 3.63) is 24.3 Å². The molecule has 0 aliphatic heterocycles. The topological polar surface area (TPSA) is 72.5 Å². The van der Waals surface area contributed by atoms with E-state index in [-0.39, 0.29) is 5.06 Å². The van der Waals surface area contributed by atoms with Gasteiger partial charge in [0, 0.05) is 10.1 Å². The molecule has 3 N–H and O–H groups in total. The molecule has 14 heavy (non-hydrogen) atoms. The maximum absolute atomic E-state index is 10.3. The van der Waals surface area contributed by atoms with E-state index < -0.39 is 6.16 Å². The number of ether oxygens (including phenoxy) is 1. The fourth-order valence-corrected chi connectivity index (χ4v) is 2.17. The lowest BCUT2D eigenvalue weighted by molar-refractivity contribution is 0.146. The minimum Gasteiger partial charge on any atom is -0.449 e. The van der Waals surface area contributed by atoms with E-state index in [1.807, 2.05) is 24.3 Å². The van der Waals surface area contributed by atoms with Crippen molar-refractivity contribution in [3.63, 3.8) is 0 Å². The lowest BCUT2D eigenvalue weighted by Gasteiger charge is -1.95. The predicted octanol–water partition coefficient (Wildman–Crippen LogP) is 2.54. The maximum atomic E-state index is 10.3. The number of hydrogen-bond donors (Lipinski definition) is 2. The molecule has 0 amide bonds. The van der Waals surface area contributed by atoms with E-state index in [1.165, 1.54) is 11.3 Å². The van der Waals surface area contributed by atoms with E-state index in [2.05, 4.69) is 4.74 Å². The van der Waals surface area contributed by atoms with Crippen LogP contribution in [-0.4, -0.2) is 11.3 Å². The summed E-state index contributed by atoms with van der Waals surface area (Å²) in [5, 5.41) is 9.51. The van der Waals surface area contributed by atoms with Gasteiger partial charge in [0.2, 0.25) is 5.06 Å². The summed E-state index contributed by atoms with van der Waals surface area (Å²) >= 11 is 1.22. The summed E-state index contributed by atoms with van der Waals surface area (Å²) < 4.78 is 5.46. The number of thiophene rings is 1. The van der Waals surface area contributed by atoms with Crippen LogP contribution in [0, 0.1) is 0 Å². The fraction of sp³-hybridized carbons (Fsp3) is 0. The molecule has 0 spiro atoms. The summed E-state index contributed by atoms with van der Waals surface area (Å²) in [5.74, 6) is 0. The molecule has 1 aromatic carbocycles. The second-order valence-electron chi connectivity index (χ2n) is 2.67. The summed E-state index contributed by atoms with van der Waals surface area (Å²) in [6.45, 7) is 0. The van der Waals surface area contributed by atoms with Crippen molar-refractivity contribution in [3.8, 4) is 5.06 Å². The molecule has 1 aromatic heterocycles. The summed E-state index contributed by atoms with van der Waals surface area (Å²) in [6.07, 6.45) is -1.34. The molecule has 72 valence electrons. The molecule has 0 aliphatic rings. The molecule has 0 fully saturated rings. The number of carbonyl (C=O) groups is 1. The molecular formula is C9H7NO3S. The van der Waals surface area contributed by atoms with Crippen LogP contribution in [0.4, 0.5) is 10.5 Å². The molecule has 0 saturated carbocycles. The van der Waals surface area contributed by atoms with Gasteiger partial charge in [0.15, 0.2) is 0 Å². The number of fused-ring (bicyclic) bond motifs is 1. The van der Waals surface area contributed by atoms with E-state index in [0.29, 0.717) is 5.69 Å². The summed E-state index contributed by atoms with van der Waals surface area (Å²) in [7, 11) is 0. The Balaban J connectivity index is 2.57. The van der Waals surface area contributed by atoms with Gasteiger partial charge in [0.1, 0.15) is 0 Å². The Kier molecular flexibility index (Phi) is 2.01. The highest BCUT2D eigenvalue weighted by atomic mass is 32.1. The number of hydrogen-bond acceptors (Lipinski definition) is 4. The van der Waals surface area contributed by atoms with Crippen LogP contribution in [0.25, 0.3) is 10.1 Å². The first-order valence-electron chi connectivity index (χ1n) is 3.86. The fourth-order valence-electron chi connectivity index (χ4n) is 1.20. The number of benzene rings is 1. The summed E-state index contributed by atoms with van der Waals surface area (Å²) in [4.78, 5) is 10.3. The van der Waals surface area contributed by atoms with Crippen LogP contribution in [0.1, 0.15) is 0 Å². The van der Waals surface area contributed by atoms with Crippen LogP contribution in [0.5, 0.6) is 5.06 Å². The molecule has 0 aliphatic carbocycles. The SMILES string of the molecule is Nc1c(OC(=O)O)sc2ccccc12. The zero-order valence-corrected chi connectivity index (χ0v) is 7.88. The molecular weight excluding hydrogens is 202 g/mol. The maximum Gasteiger partial charge on any atom is 0.512 e. The first-order valence-corrected chi connectivity index (χ1v) is 4.68. The largest absolute Gasteiger partial charge is 0.512 e. The molecule has 0 bridgehead atoms. The van der Waals surface area contributed by atoms with Crippen molar-refractivity contribution in [1.29, 1.82) is 0 Å². The standard InChI is InChI=1S/C9H7NO3S/c10-7-5-3-1-2-4-6(5)14-8(7)13-9(11)12/h1-4H,10H2,(H,11,12). The second kappa shape index (κ2) is 3.19. The van der Waals surface area contributed by atoms with Crippen LogP contribution in [0.15, 0.2) is 24.3 Å². The Bertz CT molecular complexity index is 492. The van der Waals surface area contributed by atoms with Crippen molar-refractivity contribution < 1.29 is 14.6 Å². The van der Waals surface area contributed by atoms with Crippen LogP contribution in [-0.2, 0) is 0 Å². The Morgan fingerprint density at radius 1 is 1.43 bits per heavy atom. The van der Waals surface area contributed by atoms with E-state index in [1.54, 1.807) is 0 Å². The zero-order chi connectivity index (χ0) is 10.1.